The lowest BCUT2D eigenvalue weighted by atomic mass is 10.0. The van der Waals surface area contributed by atoms with Gasteiger partial charge in [0.15, 0.2) is 0 Å². The van der Waals surface area contributed by atoms with Gasteiger partial charge in [0.1, 0.15) is 0 Å². The number of nitrogens with one attached hydrogen (secondary N) is 1. The van der Waals surface area contributed by atoms with Crippen LogP contribution in [0.1, 0.15) is 25.0 Å². The van der Waals surface area contributed by atoms with Crippen molar-refractivity contribution in [3.63, 3.8) is 0 Å². The van der Waals surface area contributed by atoms with Crippen molar-refractivity contribution in [2.45, 2.75) is 25.5 Å². The molecule has 0 spiro atoms. The second kappa shape index (κ2) is 7.02. The van der Waals surface area contributed by atoms with E-state index in [0.717, 1.165) is 12.0 Å². The Morgan fingerprint density at radius 1 is 1.41 bits per heavy atom. The van der Waals surface area contributed by atoms with E-state index in [4.69, 9.17) is 23.2 Å². The zero-order chi connectivity index (χ0) is 12.8. The van der Waals surface area contributed by atoms with Gasteiger partial charge >= 0.3 is 0 Å². The third-order valence-electron chi connectivity index (χ3n) is 2.63. The maximum atomic E-state index is 10.2. The summed E-state index contributed by atoms with van der Waals surface area (Å²) in [6.07, 6.45) is 1.98. The highest BCUT2D eigenvalue weighted by Gasteiger charge is 2.18. The summed E-state index contributed by atoms with van der Waals surface area (Å²) in [5, 5.41) is 14.4. The van der Waals surface area contributed by atoms with E-state index in [1.807, 2.05) is 6.92 Å². The van der Waals surface area contributed by atoms with Crippen molar-refractivity contribution in [1.82, 2.24) is 5.32 Å². The maximum absolute atomic E-state index is 10.2. The average Bonchev–Trinajstić information content (AvgIpc) is 2.33. The molecule has 0 bridgehead atoms. The SMILES string of the molecule is C=CCNC(CC)C(O)c1ccc(Cl)c(Cl)c1. The third-order valence-corrected chi connectivity index (χ3v) is 3.37. The Morgan fingerprint density at radius 2 is 2.12 bits per heavy atom. The van der Waals surface area contributed by atoms with E-state index in [0.29, 0.717) is 16.6 Å². The van der Waals surface area contributed by atoms with Crippen molar-refractivity contribution in [3.05, 3.63) is 46.5 Å². The van der Waals surface area contributed by atoms with Gasteiger partial charge in [-0.05, 0) is 24.1 Å². The van der Waals surface area contributed by atoms with Crippen LogP contribution >= 0.6 is 23.2 Å². The monoisotopic (exact) mass is 273 g/mol. The van der Waals surface area contributed by atoms with Crippen LogP contribution in [-0.2, 0) is 0 Å². The molecule has 0 saturated carbocycles. The standard InChI is InChI=1S/C13H17Cl2NO/c1-3-7-16-12(4-2)13(17)9-5-6-10(14)11(15)8-9/h3,5-6,8,12-13,16-17H,1,4,7H2,2H3. The van der Waals surface area contributed by atoms with Crippen LogP contribution in [0.3, 0.4) is 0 Å². The molecule has 1 aromatic rings. The molecule has 1 rings (SSSR count). The van der Waals surface area contributed by atoms with Crippen LogP contribution in [0.4, 0.5) is 0 Å². The summed E-state index contributed by atoms with van der Waals surface area (Å²) in [5.74, 6) is 0. The summed E-state index contributed by atoms with van der Waals surface area (Å²) in [6, 6.07) is 5.16. The molecule has 17 heavy (non-hydrogen) atoms. The summed E-state index contributed by atoms with van der Waals surface area (Å²) >= 11 is 11.8. The first kappa shape index (κ1) is 14.5. The number of aliphatic hydroxyl groups is 1. The molecule has 0 heterocycles. The van der Waals surface area contributed by atoms with Gasteiger partial charge in [0.25, 0.3) is 0 Å². The number of hydrogen-bond donors (Lipinski definition) is 2. The fraction of sp³-hybridized carbons (Fsp3) is 0.385. The number of benzene rings is 1. The number of rotatable bonds is 6. The lowest BCUT2D eigenvalue weighted by Crippen LogP contribution is -2.34. The lowest BCUT2D eigenvalue weighted by Gasteiger charge is -2.23. The number of aliphatic hydroxyl groups excluding tert-OH is 1. The molecular formula is C13H17Cl2NO. The van der Waals surface area contributed by atoms with Gasteiger partial charge in [-0.2, -0.15) is 0 Å². The van der Waals surface area contributed by atoms with Crippen LogP contribution in [0.2, 0.25) is 10.0 Å². The molecule has 94 valence electrons. The van der Waals surface area contributed by atoms with E-state index in [2.05, 4.69) is 11.9 Å². The van der Waals surface area contributed by atoms with Crippen molar-refractivity contribution in [2.75, 3.05) is 6.54 Å². The Morgan fingerprint density at radius 3 is 2.65 bits per heavy atom. The minimum atomic E-state index is -0.602. The van der Waals surface area contributed by atoms with E-state index < -0.39 is 6.10 Å². The largest absolute Gasteiger partial charge is 0.387 e. The quantitative estimate of drug-likeness (QED) is 0.777. The van der Waals surface area contributed by atoms with Crippen LogP contribution < -0.4 is 5.32 Å². The second-order valence-electron chi connectivity index (χ2n) is 3.83. The van der Waals surface area contributed by atoms with Crippen LogP contribution in [0.15, 0.2) is 30.9 Å². The van der Waals surface area contributed by atoms with E-state index in [-0.39, 0.29) is 6.04 Å². The van der Waals surface area contributed by atoms with Crippen LogP contribution in [0.25, 0.3) is 0 Å². The molecule has 0 aliphatic carbocycles. The highest BCUT2D eigenvalue weighted by Crippen LogP contribution is 2.27. The normalized spacial score (nSPS) is 14.4. The van der Waals surface area contributed by atoms with Crippen molar-refractivity contribution in [2.24, 2.45) is 0 Å². The Balaban J connectivity index is 2.81. The fourth-order valence-electron chi connectivity index (χ4n) is 1.64. The van der Waals surface area contributed by atoms with Gasteiger partial charge < -0.3 is 10.4 Å². The van der Waals surface area contributed by atoms with Gasteiger partial charge in [0.05, 0.1) is 16.1 Å². The Kier molecular flexibility index (Phi) is 6.00. The molecule has 2 atom stereocenters. The van der Waals surface area contributed by atoms with E-state index in [1.165, 1.54) is 0 Å². The number of hydrogen-bond acceptors (Lipinski definition) is 2. The molecule has 0 aliphatic heterocycles. The Hall–Kier alpha value is -0.540. The van der Waals surface area contributed by atoms with Crippen molar-refractivity contribution < 1.29 is 5.11 Å². The first-order chi connectivity index (χ1) is 8.10. The summed E-state index contributed by atoms with van der Waals surface area (Å²) in [5.41, 5.74) is 0.766. The molecule has 0 radical (unpaired) electrons. The second-order valence-corrected chi connectivity index (χ2v) is 4.64. The zero-order valence-electron chi connectivity index (χ0n) is 9.79. The van der Waals surface area contributed by atoms with Crippen LogP contribution in [0, 0.1) is 0 Å². The molecule has 0 fully saturated rings. The molecule has 2 nitrogen and oxygen atoms in total. The molecule has 1 aromatic carbocycles. The van der Waals surface area contributed by atoms with Crippen LogP contribution in [0.5, 0.6) is 0 Å². The van der Waals surface area contributed by atoms with Crippen molar-refractivity contribution >= 4 is 23.2 Å². The molecule has 0 saturated heterocycles. The average molecular weight is 274 g/mol. The molecule has 2 N–H and O–H groups in total. The van der Waals surface area contributed by atoms with Crippen LogP contribution in [-0.4, -0.2) is 17.7 Å². The molecule has 0 aliphatic rings. The van der Waals surface area contributed by atoms with Gasteiger partial charge in [-0.3, -0.25) is 0 Å². The van der Waals surface area contributed by atoms with E-state index >= 15 is 0 Å². The molecule has 0 aromatic heterocycles. The predicted molar refractivity (Wildman–Crippen MR) is 73.7 cm³/mol. The summed E-state index contributed by atoms with van der Waals surface area (Å²) in [4.78, 5) is 0. The summed E-state index contributed by atoms with van der Waals surface area (Å²) in [6.45, 7) is 6.32. The van der Waals surface area contributed by atoms with E-state index in [1.54, 1.807) is 24.3 Å². The minimum Gasteiger partial charge on any atom is -0.387 e. The number of halogens is 2. The summed E-state index contributed by atoms with van der Waals surface area (Å²) in [7, 11) is 0. The van der Waals surface area contributed by atoms with Gasteiger partial charge in [-0.1, -0.05) is 42.3 Å². The van der Waals surface area contributed by atoms with Gasteiger partial charge in [-0.25, -0.2) is 0 Å². The minimum absolute atomic E-state index is 0.0229. The molecule has 0 amide bonds. The Bertz CT molecular complexity index is 382. The van der Waals surface area contributed by atoms with Gasteiger partial charge in [-0.15, -0.1) is 6.58 Å². The first-order valence-corrected chi connectivity index (χ1v) is 6.33. The molecule has 4 heteroatoms. The fourth-order valence-corrected chi connectivity index (χ4v) is 1.95. The van der Waals surface area contributed by atoms with Gasteiger partial charge in [0.2, 0.25) is 0 Å². The van der Waals surface area contributed by atoms with Crippen molar-refractivity contribution in [3.8, 4) is 0 Å². The highest BCUT2D eigenvalue weighted by atomic mass is 35.5. The first-order valence-electron chi connectivity index (χ1n) is 5.57. The molecular weight excluding hydrogens is 257 g/mol. The van der Waals surface area contributed by atoms with Gasteiger partial charge in [0, 0.05) is 12.6 Å². The molecule has 2 unspecified atom stereocenters. The smallest absolute Gasteiger partial charge is 0.0943 e. The zero-order valence-corrected chi connectivity index (χ0v) is 11.3. The third kappa shape index (κ3) is 4.00. The summed E-state index contributed by atoms with van der Waals surface area (Å²) < 4.78 is 0. The van der Waals surface area contributed by atoms with E-state index in [9.17, 15) is 5.11 Å². The Labute approximate surface area is 112 Å². The lowest BCUT2D eigenvalue weighted by molar-refractivity contribution is 0.128. The van der Waals surface area contributed by atoms with Crippen molar-refractivity contribution in [1.29, 1.82) is 0 Å². The predicted octanol–water partition coefficient (Wildman–Crippen LogP) is 3.58. The highest BCUT2D eigenvalue weighted by molar-refractivity contribution is 6.42. The maximum Gasteiger partial charge on any atom is 0.0943 e. The topological polar surface area (TPSA) is 32.3 Å².